The van der Waals surface area contributed by atoms with Crippen molar-refractivity contribution < 1.29 is 24.2 Å². The van der Waals surface area contributed by atoms with Gasteiger partial charge in [0.05, 0.1) is 22.5 Å². The number of anilines is 1. The summed E-state index contributed by atoms with van der Waals surface area (Å²) in [5, 5.41) is 27.3. The Bertz CT molecular complexity index is 1410. The molecule has 2 N–H and O–H groups in total. The number of carbonyl (C=O) groups excluding carboxylic acids is 2. The van der Waals surface area contributed by atoms with E-state index in [1.165, 1.54) is 67.8 Å². The molecule has 2 amide bonds. The van der Waals surface area contributed by atoms with Gasteiger partial charge in [-0.3, -0.25) is 29.8 Å². The van der Waals surface area contributed by atoms with Crippen LogP contribution in [-0.4, -0.2) is 28.8 Å². The lowest BCUT2D eigenvalue weighted by atomic mass is 10.1. The van der Waals surface area contributed by atoms with Gasteiger partial charge in [0, 0.05) is 28.9 Å². The molecular weight excluding hydrogens is 515 g/mol. The number of nitro groups is 2. The zero-order valence-electron chi connectivity index (χ0n) is 18.4. The number of non-ortho nitro benzene ring substituents is 1. The third kappa shape index (κ3) is 6.34. The first-order valence-electron chi connectivity index (χ1n) is 9.95. The van der Waals surface area contributed by atoms with Crippen LogP contribution in [0.5, 0.6) is 5.75 Å². The van der Waals surface area contributed by atoms with E-state index in [0.29, 0.717) is 0 Å². The Morgan fingerprint density at radius 3 is 2.39 bits per heavy atom. The lowest BCUT2D eigenvalue weighted by Crippen LogP contribution is -2.31. The van der Waals surface area contributed by atoms with Gasteiger partial charge in [-0.1, -0.05) is 35.3 Å². The fourth-order valence-electron chi connectivity index (χ4n) is 3.03. The van der Waals surface area contributed by atoms with Gasteiger partial charge < -0.3 is 15.4 Å². The number of hydrogen-bond donors (Lipinski definition) is 2. The molecule has 3 aromatic rings. The van der Waals surface area contributed by atoms with Crippen molar-refractivity contribution in [2.75, 3.05) is 12.4 Å². The van der Waals surface area contributed by atoms with E-state index in [9.17, 15) is 29.8 Å². The minimum absolute atomic E-state index is 0.0184. The van der Waals surface area contributed by atoms with Crippen molar-refractivity contribution in [1.82, 2.24) is 5.32 Å². The smallest absolute Gasteiger partial charge is 0.289 e. The standard InChI is InChI=1S/C23H16Cl2N4O7/c1-36-21-8-5-14(24)11-17(21)22(30)27-19(10-13-3-2-4-16(9-13)28(32)33)23(31)26-15-6-7-18(25)20(12-15)29(34)35/h2-12H,1H3,(H,26,31)(H,27,30)/b19-10-. The molecule has 13 heteroatoms. The molecule has 0 aliphatic carbocycles. The van der Waals surface area contributed by atoms with Gasteiger partial charge >= 0.3 is 0 Å². The van der Waals surface area contributed by atoms with Gasteiger partial charge in [0.25, 0.3) is 23.2 Å². The fourth-order valence-corrected chi connectivity index (χ4v) is 3.39. The summed E-state index contributed by atoms with van der Waals surface area (Å²) in [6.45, 7) is 0. The van der Waals surface area contributed by atoms with Crippen molar-refractivity contribution in [2.45, 2.75) is 0 Å². The van der Waals surface area contributed by atoms with Crippen molar-refractivity contribution in [2.24, 2.45) is 0 Å². The molecule has 3 rings (SSSR count). The summed E-state index contributed by atoms with van der Waals surface area (Å²) < 4.78 is 5.18. The summed E-state index contributed by atoms with van der Waals surface area (Å²) >= 11 is 11.8. The van der Waals surface area contributed by atoms with Crippen LogP contribution in [0.4, 0.5) is 17.1 Å². The number of amides is 2. The van der Waals surface area contributed by atoms with Crippen LogP contribution >= 0.6 is 23.2 Å². The maximum atomic E-state index is 13.1. The molecule has 0 bridgehead atoms. The molecule has 0 spiro atoms. The van der Waals surface area contributed by atoms with E-state index in [-0.39, 0.29) is 44.0 Å². The Hall–Kier alpha value is -4.48. The predicted octanol–water partition coefficient (Wildman–Crippen LogP) is 5.23. The van der Waals surface area contributed by atoms with Crippen LogP contribution in [0.25, 0.3) is 6.08 Å². The van der Waals surface area contributed by atoms with Gasteiger partial charge in [-0.15, -0.1) is 0 Å². The molecule has 0 unspecified atom stereocenters. The van der Waals surface area contributed by atoms with Crippen molar-refractivity contribution in [3.63, 3.8) is 0 Å². The Balaban J connectivity index is 2.01. The zero-order chi connectivity index (χ0) is 26.4. The average Bonchev–Trinajstić information content (AvgIpc) is 2.84. The van der Waals surface area contributed by atoms with E-state index in [4.69, 9.17) is 27.9 Å². The van der Waals surface area contributed by atoms with Gasteiger partial charge in [-0.05, 0) is 42.0 Å². The van der Waals surface area contributed by atoms with Crippen LogP contribution in [-0.2, 0) is 4.79 Å². The van der Waals surface area contributed by atoms with Crippen molar-refractivity contribution >= 4 is 58.2 Å². The van der Waals surface area contributed by atoms with E-state index in [2.05, 4.69) is 10.6 Å². The van der Waals surface area contributed by atoms with E-state index in [0.717, 1.165) is 6.07 Å². The van der Waals surface area contributed by atoms with Crippen molar-refractivity contribution in [3.05, 3.63) is 108 Å². The molecule has 0 saturated heterocycles. The van der Waals surface area contributed by atoms with Gasteiger partial charge in [0.2, 0.25) is 0 Å². The van der Waals surface area contributed by atoms with E-state index in [1.54, 1.807) is 0 Å². The molecule has 0 atom stereocenters. The largest absolute Gasteiger partial charge is 0.496 e. The number of nitrogens with one attached hydrogen (secondary N) is 2. The maximum absolute atomic E-state index is 13.1. The number of nitro benzene ring substituents is 2. The van der Waals surface area contributed by atoms with Gasteiger partial charge in [-0.2, -0.15) is 0 Å². The number of carbonyl (C=O) groups is 2. The first-order valence-corrected chi connectivity index (χ1v) is 10.7. The topological polar surface area (TPSA) is 154 Å². The molecule has 11 nitrogen and oxygen atoms in total. The highest BCUT2D eigenvalue weighted by molar-refractivity contribution is 6.32. The highest BCUT2D eigenvalue weighted by atomic mass is 35.5. The molecule has 3 aromatic carbocycles. The second-order valence-corrected chi connectivity index (χ2v) is 7.93. The Kier molecular flexibility index (Phi) is 8.20. The highest BCUT2D eigenvalue weighted by Crippen LogP contribution is 2.28. The molecule has 0 aromatic heterocycles. The van der Waals surface area contributed by atoms with E-state index < -0.39 is 27.3 Å². The number of rotatable bonds is 8. The summed E-state index contributed by atoms with van der Waals surface area (Å²) in [6, 6.07) is 13.3. The van der Waals surface area contributed by atoms with Crippen molar-refractivity contribution in [3.8, 4) is 5.75 Å². The minimum atomic E-state index is -0.868. The normalized spacial score (nSPS) is 10.9. The molecule has 0 fully saturated rings. The Labute approximate surface area is 213 Å². The molecule has 0 radical (unpaired) electrons. The van der Waals surface area contributed by atoms with Crippen LogP contribution in [0.15, 0.2) is 66.4 Å². The molecular formula is C23H16Cl2N4O7. The summed E-state index contributed by atoms with van der Waals surface area (Å²) in [4.78, 5) is 47.1. The second-order valence-electron chi connectivity index (χ2n) is 7.09. The van der Waals surface area contributed by atoms with Crippen LogP contribution < -0.4 is 15.4 Å². The van der Waals surface area contributed by atoms with E-state index in [1.807, 2.05) is 0 Å². The van der Waals surface area contributed by atoms with Crippen LogP contribution in [0.1, 0.15) is 15.9 Å². The van der Waals surface area contributed by atoms with Gasteiger partial charge in [0.1, 0.15) is 16.5 Å². The van der Waals surface area contributed by atoms with Crippen LogP contribution in [0.2, 0.25) is 10.0 Å². The monoisotopic (exact) mass is 530 g/mol. The summed E-state index contributed by atoms with van der Waals surface area (Å²) in [6.07, 6.45) is 1.21. The third-order valence-electron chi connectivity index (χ3n) is 4.69. The SMILES string of the molecule is COc1ccc(Cl)cc1C(=O)N/C(=C\c1cccc([N+](=O)[O-])c1)C(=O)Nc1ccc(Cl)c([N+](=O)[O-])c1. The second kappa shape index (κ2) is 11.3. The first-order chi connectivity index (χ1) is 17.1. The third-order valence-corrected chi connectivity index (χ3v) is 5.25. The number of nitrogens with zero attached hydrogens (tertiary/aromatic N) is 2. The minimum Gasteiger partial charge on any atom is -0.496 e. The Morgan fingerprint density at radius 2 is 1.72 bits per heavy atom. The fraction of sp³-hybridized carbons (Fsp3) is 0.0435. The summed E-state index contributed by atoms with van der Waals surface area (Å²) in [5.74, 6) is -1.45. The first kappa shape index (κ1) is 26.1. The van der Waals surface area contributed by atoms with Crippen LogP contribution in [0, 0.1) is 20.2 Å². The molecule has 0 aliphatic rings. The number of benzene rings is 3. The lowest BCUT2D eigenvalue weighted by molar-refractivity contribution is -0.385. The number of methoxy groups -OCH3 is 1. The predicted molar refractivity (Wildman–Crippen MR) is 133 cm³/mol. The summed E-state index contributed by atoms with van der Waals surface area (Å²) in [7, 11) is 1.35. The lowest BCUT2D eigenvalue weighted by Gasteiger charge is -2.13. The molecule has 36 heavy (non-hydrogen) atoms. The zero-order valence-corrected chi connectivity index (χ0v) is 19.9. The van der Waals surface area contributed by atoms with Gasteiger partial charge in [-0.25, -0.2) is 0 Å². The summed E-state index contributed by atoms with van der Waals surface area (Å²) in [5.41, 5.74) is -0.721. The molecule has 0 aliphatic heterocycles. The maximum Gasteiger partial charge on any atom is 0.289 e. The number of halogens is 2. The molecule has 184 valence electrons. The average molecular weight is 531 g/mol. The quantitative estimate of drug-likeness (QED) is 0.229. The number of hydrogen-bond acceptors (Lipinski definition) is 7. The van der Waals surface area contributed by atoms with E-state index >= 15 is 0 Å². The number of ether oxygens (including phenoxy) is 1. The highest BCUT2D eigenvalue weighted by Gasteiger charge is 2.20. The molecule has 0 heterocycles. The van der Waals surface area contributed by atoms with Crippen molar-refractivity contribution in [1.29, 1.82) is 0 Å². The van der Waals surface area contributed by atoms with Crippen LogP contribution in [0.3, 0.4) is 0 Å². The Morgan fingerprint density at radius 1 is 0.972 bits per heavy atom. The molecule has 0 saturated carbocycles. The van der Waals surface area contributed by atoms with Gasteiger partial charge in [0.15, 0.2) is 0 Å².